The van der Waals surface area contributed by atoms with E-state index >= 15 is 0 Å². The number of pyridine rings is 1. The van der Waals surface area contributed by atoms with Crippen molar-refractivity contribution in [3.63, 3.8) is 0 Å². The molecule has 1 fully saturated rings. The van der Waals surface area contributed by atoms with Crippen LogP contribution in [0.15, 0.2) is 18.3 Å². The number of anilines is 2. The molecule has 4 N–H and O–H groups in total. The summed E-state index contributed by atoms with van der Waals surface area (Å²) >= 11 is 0. The van der Waals surface area contributed by atoms with Gasteiger partial charge >= 0.3 is 0 Å². The lowest BCUT2D eigenvalue weighted by molar-refractivity contribution is 0.145. The molecule has 0 aromatic carbocycles. The molecule has 0 aliphatic heterocycles. The Hall–Kier alpha value is -1.29. The summed E-state index contributed by atoms with van der Waals surface area (Å²) in [4.78, 5) is 4.08. The highest BCUT2D eigenvalue weighted by Crippen LogP contribution is 2.43. The van der Waals surface area contributed by atoms with E-state index in [4.69, 9.17) is 5.84 Å². The number of nitrogens with two attached hydrogens (primary N) is 1. The largest absolute Gasteiger partial charge is 0.384 e. The van der Waals surface area contributed by atoms with Gasteiger partial charge in [0.05, 0.1) is 0 Å². The van der Waals surface area contributed by atoms with Gasteiger partial charge < -0.3 is 10.7 Å². The molecule has 4 nitrogen and oxygen atoms in total. The maximum atomic E-state index is 5.32. The highest BCUT2D eigenvalue weighted by molar-refractivity contribution is 5.51. The molecule has 0 radical (unpaired) electrons. The van der Waals surface area contributed by atoms with Crippen LogP contribution in [0.4, 0.5) is 11.5 Å². The Morgan fingerprint density at radius 3 is 2.88 bits per heavy atom. The van der Waals surface area contributed by atoms with Crippen LogP contribution in [0.1, 0.15) is 32.6 Å². The smallest absolute Gasteiger partial charge is 0.141 e. The topological polar surface area (TPSA) is 63.0 Å². The predicted octanol–water partition coefficient (Wildman–Crippen LogP) is 2.36. The fourth-order valence-corrected chi connectivity index (χ4v) is 2.24. The molecule has 0 spiro atoms. The first-order valence-electron chi connectivity index (χ1n) is 5.94. The van der Waals surface area contributed by atoms with Gasteiger partial charge in [0.2, 0.25) is 0 Å². The first kappa shape index (κ1) is 11.2. The Morgan fingerprint density at radius 2 is 2.31 bits per heavy atom. The van der Waals surface area contributed by atoms with Crippen molar-refractivity contribution >= 4 is 11.5 Å². The Kier molecular flexibility index (Phi) is 3.29. The molecular formula is C12H20N4. The number of aromatic nitrogens is 1. The van der Waals surface area contributed by atoms with Gasteiger partial charge in [-0.05, 0) is 30.7 Å². The maximum Gasteiger partial charge on any atom is 0.141 e. The lowest BCUT2D eigenvalue weighted by atomic mass is 9.67. The minimum atomic E-state index is 0.527. The number of nitrogen functional groups attached to an aromatic ring is 1. The fraction of sp³-hybridized carbons (Fsp3) is 0.583. The van der Waals surface area contributed by atoms with Crippen molar-refractivity contribution in [3.8, 4) is 0 Å². The molecule has 1 aliphatic rings. The van der Waals surface area contributed by atoms with Crippen LogP contribution in [0.25, 0.3) is 0 Å². The molecule has 0 amide bonds. The number of rotatable bonds is 5. The van der Waals surface area contributed by atoms with Gasteiger partial charge in [0.25, 0.3) is 0 Å². The molecule has 0 atom stereocenters. The van der Waals surface area contributed by atoms with Gasteiger partial charge in [0.15, 0.2) is 0 Å². The summed E-state index contributed by atoms with van der Waals surface area (Å²) in [6.45, 7) is 3.33. The number of hydrogen-bond acceptors (Lipinski definition) is 4. The molecule has 1 aromatic heterocycles. The van der Waals surface area contributed by atoms with Crippen LogP contribution in [0, 0.1) is 5.41 Å². The normalized spacial score (nSPS) is 17.6. The molecule has 0 unspecified atom stereocenters. The van der Waals surface area contributed by atoms with Crippen LogP contribution in [0.5, 0.6) is 0 Å². The third-order valence-corrected chi connectivity index (χ3v) is 3.74. The Balaban J connectivity index is 1.93. The number of hydrogen-bond donors (Lipinski definition) is 3. The van der Waals surface area contributed by atoms with Gasteiger partial charge in [-0.1, -0.05) is 13.3 Å². The summed E-state index contributed by atoms with van der Waals surface area (Å²) in [7, 11) is 0. The van der Waals surface area contributed by atoms with E-state index in [0.717, 1.165) is 12.2 Å². The van der Waals surface area contributed by atoms with Gasteiger partial charge in [-0.2, -0.15) is 0 Å². The molecule has 1 heterocycles. The zero-order valence-electron chi connectivity index (χ0n) is 9.79. The fourth-order valence-electron chi connectivity index (χ4n) is 2.24. The molecule has 0 bridgehead atoms. The van der Waals surface area contributed by atoms with Crippen molar-refractivity contribution in [1.29, 1.82) is 0 Å². The highest BCUT2D eigenvalue weighted by atomic mass is 15.2. The molecule has 1 aliphatic carbocycles. The van der Waals surface area contributed by atoms with Crippen molar-refractivity contribution in [2.24, 2.45) is 11.3 Å². The second-order valence-corrected chi connectivity index (χ2v) is 4.63. The lowest BCUT2D eigenvalue weighted by Crippen LogP contribution is -2.35. The third-order valence-electron chi connectivity index (χ3n) is 3.74. The van der Waals surface area contributed by atoms with Crippen molar-refractivity contribution in [2.75, 3.05) is 17.3 Å². The van der Waals surface area contributed by atoms with Crippen LogP contribution in [0.3, 0.4) is 0 Å². The Labute approximate surface area is 96.6 Å². The summed E-state index contributed by atoms with van der Waals surface area (Å²) < 4.78 is 0. The van der Waals surface area contributed by atoms with E-state index in [2.05, 4.69) is 22.7 Å². The Morgan fingerprint density at radius 1 is 1.50 bits per heavy atom. The van der Waals surface area contributed by atoms with E-state index in [9.17, 15) is 0 Å². The predicted molar refractivity (Wildman–Crippen MR) is 67.1 cm³/mol. The molecule has 4 heteroatoms. The Bertz CT molecular complexity index is 341. The molecule has 1 aromatic rings. The van der Waals surface area contributed by atoms with Crippen molar-refractivity contribution in [2.45, 2.75) is 32.6 Å². The van der Waals surface area contributed by atoms with Crippen molar-refractivity contribution in [3.05, 3.63) is 18.3 Å². The number of nitrogens with one attached hydrogen (secondary N) is 2. The molecule has 88 valence electrons. The third kappa shape index (κ3) is 2.27. The minimum absolute atomic E-state index is 0.527. The van der Waals surface area contributed by atoms with E-state index in [-0.39, 0.29) is 0 Å². The van der Waals surface area contributed by atoms with Crippen LogP contribution >= 0.6 is 0 Å². The summed E-state index contributed by atoms with van der Waals surface area (Å²) in [6.07, 6.45) is 7.10. The quantitative estimate of drug-likeness (QED) is 0.526. The SMILES string of the molecule is CCC1(CNc2ccnc(NN)c2)CCC1. The number of nitrogens with zero attached hydrogens (tertiary/aromatic N) is 1. The van der Waals surface area contributed by atoms with Crippen LogP contribution in [-0.4, -0.2) is 11.5 Å². The van der Waals surface area contributed by atoms with Crippen LogP contribution in [-0.2, 0) is 0 Å². The van der Waals surface area contributed by atoms with E-state index in [1.165, 1.54) is 25.7 Å². The van der Waals surface area contributed by atoms with Crippen LogP contribution < -0.4 is 16.6 Å². The molecule has 16 heavy (non-hydrogen) atoms. The second kappa shape index (κ2) is 4.70. The summed E-state index contributed by atoms with van der Waals surface area (Å²) in [5, 5.41) is 3.48. The minimum Gasteiger partial charge on any atom is -0.384 e. The number of hydrazine groups is 1. The molecular weight excluding hydrogens is 200 g/mol. The average Bonchev–Trinajstić information content (AvgIpc) is 2.29. The van der Waals surface area contributed by atoms with Gasteiger partial charge in [-0.3, -0.25) is 0 Å². The highest BCUT2D eigenvalue weighted by Gasteiger charge is 2.34. The van der Waals surface area contributed by atoms with E-state index in [0.29, 0.717) is 11.2 Å². The maximum absolute atomic E-state index is 5.32. The average molecular weight is 220 g/mol. The first-order chi connectivity index (χ1) is 7.78. The zero-order chi connectivity index (χ0) is 11.4. The first-order valence-corrected chi connectivity index (χ1v) is 5.94. The standard InChI is InChI=1S/C12H20N4/c1-2-12(5-3-6-12)9-15-10-4-7-14-11(8-10)16-13/h4,7-8H,2-3,5-6,9,13H2,1H3,(H2,14,15,16). The van der Waals surface area contributed by atoms with Gasteiger partial charge in [0, 0.05) is 24.5 Å². The van der Waals surface area contributed by atoms with E-state index in [1.54, 1.807) is 6.20 Å². The van der Waals surface area contributed by atoms with Crippen LogP contribution in [0.2, 0.25) is 0 Å². The van der Waals surface area contributed by atoms with E-state index in [1.807, 2.05) is 12.1 Å². The van der Waals surface area contributed by atoms with Gasteiger partial charge in [-0.15, -0.1) is 0 Å². The second-order valence-electron chi connectivity index (χ2n) is 4.63. The van der Waals surface area contributed by atoms with Crippen molar-refractivity contribution < 1.29 is 0 Å². The van der Waals surface area contributed by atoms with Gasteiger partial charge in [-0.25, -0.2) is 10.8 Å². The molecule has 2 rings (SSSR count). The molecule has 0 saturated heterocycles. The summed E-state index contributed by atoms with van der Waals surface area (Å²) in [6, 6.07) is 3.91. The summed E-state index contributed by atoms with van der Waals surface area (Å²) in [5.74, 6) is 6.02. The van der Waals surface area contributed by atoms with Gasteiger partial charge in [0.1, 0.15) is 5.82 Å². The lowest BCUT2D eigenvalue weighted by Gasteiger charge is -2.41. The van der Waals surface area contributed by atoms with E-state index < -0.39 is 0 Å². The van der Waals surface area contributed by atoms with Crippen molar-refractivity contribution in [1.82, 2.24) is 4.98 Å². The zero-order valence-corrected chi connectivity index (χ0v) is 9.79. The summed E-state index contributed by atoms with van der Waals surface area (Å²) in [5.41, 5.74) is 4.17. The molecule has 1 saturated carbocycles. The monoisotopic (exact) mass is 220 g/mol.